The van der Waals surface area contributed by atoms with Gasteiger partial charge in [0.1, 0.15) is 5.65 Å². The number of pyridine rings is 1. The van der Waals surface area contributed by atoms with Crippen molar-refractivity contribution in [2.45, 2.75) is 0 Å². The van der Waals surface area contributed by atoms with Crippen LogP contribution >= 0.6 is 0 Å². The molecular formula is C16H14N4O. The lowest BCUT2D eigenvalue weighted by atomic mass is 10.2. The summed E-state index contributed by atoms with van der Waals surface area (Å²) < 4.78 is 0. The lowest BCUT2D eigenvalue weighted by Crippen LogP contribution is -2.04. The summed E-state index contributed by atoms with van der Waals surface area (Å²) in [6, 6.07) is 11.8. The van der Waals surface area contributed by atoms with Gasteiger partial charge in [-0.15, -0.1) is 0 Å². The number of carbonyl (C=O) groups is 1. The van der Waals surface area contributed by atoms with Crippen LogP contribution in [0.5, 0.6) is 0 Å². The topological polar surface area (TPSA) is 83.8 Å². The molecule has 3 rings (SSSR count). The minimum Gasteiger partial charge on any atom is -0.366 e. The maximum atomic E-state index is 10.8. The minimum atomic E-state index is -0.476. The number of H-pyrrole nitrogens is 1. The third-order valence-corrected chi connectivity index (χ3v) is 3.05. The molecule has 0 radical (unpaired) electrons. The van der Waals surface area contributed by atoms with Gasteiger partial charge in [-0.25, -0.2) is 4.98 Å². The van der Waals surface area contributed by atoms with E-state index in [0.29, 0.717) is 0 Å². The number of amides is 1. The Balaban J connectivity index is 1.95. The van der Waals surface area contributed by atoms with Crippen LogP contribution < -0.4 is 11.1 Å². The predicted octanol–water partition coefficient (Wildman–Crippen LogP) is 2.81. The van der Waals surface area contributed by atoms with Crippen molar-refractivity contribution in [3.05, 3.63) is 60.4 Å². The monoisotopic (exact) mass is 278 g/mol. The number of carbonyl (C=O) groups excluding carboxylic acids is 1. The molecule has 0 bridgehead atoms. The van der Waals surface area contributed by atoms with Crippen molar-refractivity contribution in [2.75, 3.05) is 5.32 Å². The molecule has 0 aliphatic carbocycles. The van der Waals surface area contributed by atoms with Crippen molar-refractivity contribution in [1.82, 2.24) is 9.97 Å². The first-order valence-corrected chi connectivity index (χ1v) is 6.49. The van der Waals surface area contributed by atoms with E-state index in [1.54, 1.807) is 18.5 Å². The molecule has 21 heavy (non-hydrogen) atoms. The Morgan fingerprint density at radius 1 is 1.24 bits per heavy atom. The highest BCUT2D eigenvalue weighted by molar-refractivity contribution is 5.95. The van der Waals surface area contributed by atoms with Gasteiger partial charge in [0.15, 0.2) is 0 Å². The van der Waals surface area contributed by atoms with Crippen molar-refractivity contribution in [3.63, 3.8) is 0 Å². The molecule has 0 aliphatic rings. The first-order valence-electron chi connectivity index (χ1n) is 6.49. The van der Waals surface area contributed by atoms with E-state index < -0.39 is 5.91 Å². The Morgan fingerprint density at radius 2 is 2.05 bits per heavy atom. The molecule has 0 fully saturated rings. The molecule has 2 heterocycles. The van der Waals surface area contributed by atoms with Gasteiger partial charge in [0.25, 0.3) is 0 Å². The van der Waals surface area contributed by atoms with Crippen molar-refractivity contribution in [2.24, 2.45) is 5.73 Å². The predicted molar refractivity (Wildman–Crippen MR) is 84.0 cm³/mol. The van der Waals surface area contributed by atoms with Crippen LogP contribution in [0.4, 0.5) is 11.4 Å². The molecule has 0 saturated heterocycles. The van der Waals surface area contributed by atoms with Crippen molar-refractivity contribution in [3.8, 4) is 0 Å². The van der Waals surface area contributed by atoms with Crippen LogP contribution in [0.25, 0.3) is 17.1 Å². The maximum absolute atomic E-state index is 10.8. The van der Waals surface area contributed by atoms with Crippen LogP contribution in [0.1, 0.15) is 5.56 Å². The van der Waals surface area contributed by atoms with Crippen LogP contribution in [0.15, 0.2) is 54.9 Å². The zero-order valence-corrected chi connectivity index (χ0v) is 11.2. The molecule has 0 atom stereocenters. The first kappa shape index (κ1) is 12.9. The van der Waals surface area contributed by atoms with Gasteiger partial charge < -0.3 is 16.0 Å². The van der Waals surface area contributed by atoms with Crippen LogP contribution in [-0.2, 0) is 4.79 Å². The number of aromatic nitrogens is 2. The largest absolute Gasteiger partial charge is 0.366 e. The SMILES string of the molecule is NC(=O)C=Cc1c[nH]c2ncc(Nc3ccccc3)cc12. The second kappa shape index (κ2) is 5.50. The van der Waals surface area contributed by atoms with Gasteiger partial charge in [0.05, 0.1) is 11.9 Å². The number of rotatable bonds is 4. The van der Waals surface area contributed by atoms with Gasteiger partial charge in [-0.3, -0.25) is 4.79 Å². The molecule has 104 valence electrons. The third-order valence-electron chi connectivity index (χ3n) is 3.05. The summed E-state index contributed by atoms with van der Waals surface area (Å²) in [5.41, 5.74) is 8.62. The van der Waals surface area contributed by atoms with Gasteiger partial charge in [0.2, 0.25) is 5.91 Å². The molecule has 1 amide bonds. The summed E-state index contributed by atoms with van der Waals surface area (Å²) in [5, 5.41) is 4.21. The molecule has 5 nitrogen and oxygen atoms in total. The Hall–Kier alpha value is -3.08. The van der Waals surface area contributed by atoms with Crippen molar-refractivity contribution >= 4 is 34.4 Å². The van der Waals surface area contributed by atoms with E-state index >= 15 is 0 Å². The number of benzene rings is 1. The molecule has 3 aromatic rings. The Morgan fingerprint density at radius 3 is 2.81 bits per heavy atom. The summed E-state index contributed by atoms with van der Waals surface area (Å²) in [7, 11) is 0. The smallest absolute Gasteiger partial charge is 0.241 e. The number of fused-ring (bicyclic) bond motifs is 1. The summed E-state index contributed by atoms with van der Waals surface area (Å²) in [5.74, 6) is -0.476. The van der Waals surface area contributed by atoms with E-state index in [9.17, 15) is 4.79 Å². The number of hydrogen-bond acceptors (Lipinski definition) is 3. The fourth-order valence-electron chi connectivity index (χ4n) is 2.09. The van der Waals surface area contributed by atoms with E-state index in [0.717, 1.165) is 28.0 Å². The van der Waals surface area contributed by atoms with Crippen LogP contribution in [0.2, 0.25) is 0 Å². The van der Waals surface area contributed by atoms with Crippen molar-refractivity contribution < 1.29 is 4.79 Å². The van der Waals surface area contributed by atoms with E-state index in [-0.39, 0.29) is 0 Å². The first-order chi connectivity index (χ1) is 10.2. The zero-order valence-electron chi connectivity index (χ0n) is 11.2. The van der Waals surface area contributed by atoms with Crippen LogP contribution in [0.3, 0.4) is 0 Å². The molecule has 4 N–H and O–H groups in total. The number of hydrogen-bond donors (Lipinski definition) is 3. The zero-order chi connectivity index (χ0) is 14.7. The van der Waals surface area contributed by atoms with E-state index in [1.165, 1.54) is 6.08 Å². The molecule has 2 aromatic heterocycles. The second-order valence-electron chi connectivity index (χ2n) is 4.59. The molecule has 5 heteroatoms. The Bertz CT molecular complexity index is 806. The number of nitrogens with one attached hydrogen (secondary N) is 2. The summed E-state index contributed by atoms with van der Waals surface area (Å²) >= 11 is 0. The van der Waals surface area contributed by atoms with Gasteiger partial charge in [-0.1, -0.05) is 18.2 Å². The number of aromatic amines is 1. The van der Waals surface area contributed by atoms with Gasteiger partial charge in [0, 0.05) is 28.9 Å². The van der Waals surface area contributed by atoms with Crippen LogP contribution in [0, 0.1) is 0 Å². The molecular weight excluding hydrogens is 264 g/mol. The minimum absolute atomic E-state index is 0.476. The number of primary amides is 1. The quantitative estimate of drug-likeness (QED) is 0.642. The van der Waals surface area contributed by atoms with Crippen LogP contribution in [-0.4, -0.2) is 15.9 Å². The Labute approximate surface area is 121 Å². The summed E-state index contributed by atoms with van der Waals surface area (Å²) in [6.07, 6.45) is 6.56. The average molecular weight is 278 g/mol. The molecule has 0 aliphatic heterocycles. The molecule has 0 unspecified atom stereocenters. The van der Waals surface area contributed by atoms with E-state index in [2.05, 4.69) is 15.3 Å². The highest BCUT2D eigenvalue weighted by Crippen LogP contribution is 2.23. The van der Waals surface area contributed by atoms with Crippen molar-refractivity contribution in [1.29, 1.82) is 0 Å². The number of nitrogens with zero attached hydrogens (tertiary/aromatic N) is 1. The maximum Gasteiger partial charge on any atom is 0.241 e. The van der Waals surface area contributed by atoms with E-state index in [4.69, 9.17) is 5.73 Å². The molecule has 1 aromatic carbocycles. The lowest BCUT2D eigenvalue weighted by molar-refractivity contribution is -0.113. The Kier molecular flexibility index (Phi) is 3.39. The normalized spacial score (nSPS) is 11.0. The number of nitrogens with two attached hydrogens (primary N) is 1. The van der Waals surface area contributed by atoms with Gasteiger partial charge >= 0.3 is 0 Å². The molecule has 0 spiro atoms. The molecule has 0 saturated carbocycles. The average Bonchev–Trinajstić information content (AvgIpc) is 2.88. The fraction of sp³-hybridized carbons (Fsp3) is 0. The standard InChI is InChI=1S/C16H14N4O/c17-15(21)7-6-11-9-18-16-14(11)8-13(10-19-16)20-12-4-2-1-3-5-12/h1-10,20H,(H2,17,21)(H,18,19). The fourth-order valence-corrected chi connectivity index (χ4v) is 2.09. The summed E-state index contributed by atoms with van der Waals surface area (Å²) in [6.45, 7) is 0. The third kappa shape index (κ3) is 2.92. The van der Waals surface area contributed by atoms with Gasteiger partial charge in [-0.2, -0.15) is 0 Å². The summed E-state index contributed by atoms with van der Waals surface area (Å²) in [4.78, 5) is 18.3. The van der Waals surface area contributed by atoms with E-state index in [1.807, 2.05) is 36.4 Å². The lowest BCUT2D eigenvalue weighted by Gasteiger charge is -2.05. The second-order valence-corrected chi connectivity index (χ2v) is 4.59. The van der Waals surface area contributed by atoms with Gasteiger partial charge in [-0.05, 0) is 24.3 Å². The highest BCUT2D eigenvalue weighted by atomic mass is 16.1. The number of anilines is 2. The highest BCUT2D eigenvalue weighted by Gasteiger charge is 2.04. The number of para-hydroxylation sites is 1.